The summed E-state index contributed by atoms with van der Waals surface area (Å²) < 4.78 is 5.47. The fourth-order valence-electron chi connectivity index (χ4n) is 5.26. The first-order chi connectivity index (χ1) is 14.5. The summed E-state index contributed by atoms with van der Waals surface area (Å²) in [6.45, 7) is 11.2. The first kappa shape index (κ1) is 23.2. The molecule has 1 aliphatic heterocycles. The van der Waals surface area contributed by atoms with Crippen LogP contribution in [0.3, 0.4) is 0 Å². The van der Waals surface area contributed by atoms with Crippen molar-refractivity contribution < 1.29 is 23.9 Å². The highest BCUT2D eigenvalue weighted by molar-refractivity contribution is 6.05. The number of ether oxygens (including phenoxy) is 1. The molecular formula is C24H34N2O5. The Morgan fingerprint density at radius 3 is 2.45 bits per heavy atom. The maximum absolute atomic E-state index is 12.9. The maximum Gasteiger partial charge on any atom is 0.311 e. The van der Waals surface area contributed by atoms with Crippen LogP contribution in [-0.2, 0) is 14.3 Å². The van der Waals surface area contributed by atoms with Gasteiger partial charge in [0.15, 0.2) is 11.9 Å². The van der Waals surface area contributed by atoms with E-state index in [2.05, 4.69) is 18.8 Å². The second-order valence-electron chi connectivity index (χ2n) is 9.41. The fourth-order valence-corrected chi connectivity index (χ4v) is 5.26. The smallest absolute Gasteiger partial charge is 0.311 e. The number of carbonyl (C=O) groups excluding carboxylic acids is 4. The molecule has 0 aromatic carbocycles. The number of ketones is 2. The van der Waals surface area contributed by atoms with E-state index in [1.165, 1.54) is 20.3 Å². The summed E-state index contributed by atoms with van der Waals surface area (Å²) in [4.78, 5) is 54.9. The van der Waals surface area contributed by atoms with E-state index in [4.69, 9.17) is 4.74 Å². The van der Waals surface area contributed by atoms with Crippen molar-refractivity contribution in [3.05, 3.63) is 22.5 Å². The number of likely N-dealkylation sites (tertiary alicyclic amines) is 1. The van der Waals surface area contributed by atoms with Crippen molar-refractivity contribution in [1.82, 2.24) is 9.88 Å². The summed E-state index contributed by atoms with van der Waals surface area (Å²) in [7, 11) is 0. The molecule has 0 bridgehead atoms. The quantitative estimate of drug-likeness (QED) is 0.549. The van der Waals surface area contributed by atoms with Crippen LogP contribution in [0.25, 0.3) is 0 Å². The molecule has 1 saturated carbocycles. The summed E-state index contributed by atoms with van der Waals surface area (Å²) in [6, 6.07) is 0.169. The van der Waals surface area contributed by atoms with E-state index in [1.807, 2.05) is 4.90 Å². The molecule has 2 fully saturated rings. The Balaban J connectivity index is 1.65. The largest absolute Gasteiger partial charge is 0.454 e. The standard InChI is InChI=1S/C24H34N2O5/c1-12-8-7-9-19(13(12)2)26-11-18(10-20(26)28)24(30)31-17(6)23(29)22-14(3)21(16(5)27)15(4)25-22/h12-13,17-19,25H,7-11H2,1-6H3/t12-,13-,17+,18+,19+/m0/s1. The first-order valence-electron chi connectivity index (χ1n) is 11.3. The second kappa shape index (κ2) is 8.97. The second-order valence-corrected chi connectivity index (χ2v) is 9.41. The Bertz CT molecular complexity index is 902. The van der Waals surface area contributed by atoms with Gasteiger partial charge in [0.05, 0.1) is 11.6 Å². The van der Waals surface area contributed by atoms with E-state index in [-0.39, 0.29) is 35.6 Å². The predicted octanol–water partition coefficient (Wildman–Crippen LogP) is 3.62. The third-order valence-corrected chi connectivity index (χ3v) is 7.25. The normalized spacial score (nSPS) is 27.3. The van der Waals surface area contributed by atoms with Gasteiger partial charge < -0.3 is 14.6 Å². The van der Waals surface area contributed by atoms with Crippen molar-refractivity contribution >= 4 is 23.4 Å². The van der Waals surface area contributed by atoms with Crippen LogP contribution >= 0.6 is 0 Å². The Morgan fingerprint density at radius 1 is 1.16 bits per heavy atom. The summed E-state index contributed by atoms with van der Waals surface area (Å²) in [6.07, 6.45) is 2.37. The lowest BCUT2D eigenvalue weighted by Crippen LogP contribution is -2.45. The van der Waals surface area contributed by atoms with Crippen LogP contribution in [0.1, 0.15) is 85.5 Å². The van der Waals surface area contributed by atoms with Crippen LogP contribution in [-0.4, -0.2) is 52.0 Å². The van der Waals surface area contributed by atoms with Gasteiger partial charge >= 0.3 is 5.97 Å². The molecule has 1 aromatic rings. The Hall–Kier alpha value is -2.44. The zero-order valence-corrected chi connectivity index (χ0v) is 19.4. The van der Waals surface area contributed by atoms with E-state index in [0.717, 1.165) is 12.8 Å². The van der Waals surface area contributed by atoms with Crippen LogP contribution in [0.2, 0.25) is 0 Å². The lowest BCUT2D eigenvalue weighted by Gasteiger charge is -2.39. The van der Waals surface area contributed by atoms with Gasteiger partial charge in [0.1, 0.15) is 0 Å². The number of hydrogen-bond acceptors (Lipinski definition) is 5. The zero-order valence-electron chi connectivity index (χ0n) is 19.4. The molecule has 0 unspecified atom stereocenters. The molecule has 7 nitrogen and oxygen atoms in total. The van der Waals surface area contributed by atoms with Crippen LogP contribution in [0, 0.1) is 31.6 Å². The number of hydrogen-bond donors (Lipinski definition) is 1. The number of nitrogens with zero attached hydrogens (tertiary/aromatic N) is 1. The van der Waals surface area contributed by atoms with Crippen molar-refractivity contribution in [2.45, 2.75) is 79.4 Å². The van der Waals surface area contributed by atoms with Gasteiger partial charge in [0.2, 0.25) is 11.7 Å². The highest BCUT2D eigenvalue weighted by Gasteiger charge is 2.42. The van der Waals surface area contributed by atoms with E-state index in [9.17, 15) is 19.2 Å². The van der Waals surface area contributed by atoms with Crippen molar-refractivity contribution in [2.24, 2.45) is 17.8 Å². The lowest BCUT2D eigenvalue weighted by atomic mass is 9.77. The molecule has 5 atom stereocenters. The van der Waals surface area contributed by atoms with E-state index in [1.54, 1.807) is 13.8 Å². The van der Waals surface area contributed by atoms with Crippen molar-refractivity contribution in [2.75, 3.05) is 6.54 Å². The number of aromatic nitrogens is 1. The van der Waals surface area contributed by atoms with E-state index >= 15 is 0 Å². The number of rotatable bonds is 6. The molecule has 2 heterocycles. The molecule has 1 saturated heterocycles. The predicted molar refractivity (Wildman–Crippen MR) is 116 cm³/mol. The molecule has 1 aromatic heterocycles. The fraction of sp³-hybridized carbons (Fsp3) is 0.667. The van der Waals surface area contributed by atoms with Gasteiger partial charge in [-0.1, -0.05) is 26.7 Å². The molecule has 1 amide bonds. The summed E-state index contributed by atoms with van der Waals surface area (Å²) in [5.74, 6) is -0.602. The van der Waals surface area contributed by atoms with Gasteiger partial charge in [-0.2, -0.15) is 0 Å². The van der Waals surface area contributed by atoms with Gasteiger partial charge in [-0.15, -0.1) is 0 Å². The Morgan fingerprint density at radius 2 is 1.84 bits per heavy atom. The van der Waals surface area contributed by atoms with Gasteiger partial charge in [0, 0.05) is 30.3 Å². The van der Waals surface area contributed by atoms with Gasteiger partial charge in [0.25, 0.3) is 0 Å². The Kier molecular flexibility index (Phi) is 6.72. The lowest BCUT2D eigenvalue weighted by molar-refractivity contribution is -0.151. The third-order valence-electron chi connectivity index (χ3n) is 7.25. The molecule has 7 heteroatoms. The zero-order chi connectivity index (χ0) is 23.0. The van der Waals surface area contributed by atoms with E-state index in [0.29, 0.717) is 35.2 Å². The van der Waals surface area contributed by atoms with Crippen molar-refractivity contribution in [3.8, 4) is 0 Å². The first-order valence-corrected chi connectivity index (χ1v) is 11.3. The van der Waals surface area contributed by atoms with Crippen LogP contribution in [0.15, 0.2) is 0 Å². The topological polar surface area (TPSA) is 96.5 Å². The van der Waals surface area contributed by atoms with Crippen molar-refractivity contribution in [1.29, 1.82) is 0 Å². The van der Waals surface area contributed by atoms with Gasteiger partial charge in [-0.25, -0.2) is 0 Å². The number of nitrogens with one attached hydrogen (secondary N) is 1. The molecule has 1 N–H and O–H groups in total. The minimum atomic E-state index is -0.998. The minimum Gasteiger partial charge on any atom is -0.454 e. The SMILES string of the molecule is CC(=O)c1c(C)[nH]c(C(=O)[C@@H](C)OC(=O)[C@@H]2CC(=O)N([C@@H]3CCC[C@H](C)[C@@H]3C)C2)c1C. The minimum absolute atomic E-state index is 0.00573. The molecule has 0 spiro atoms. The van der Waals surface area contributed by atoms with Crippen molar-refractivity contribution in [3.63, 3.8) is 0 Å². The Labute approximate surface area is 183 Å². The highest BCUT2D eigenvalue weighted by atomic mass is 16.5. The van der Waals surface area contributed by atoms with E-state index < -0.39 is 18.0 Å². The monoisotopic (exact) mass is 430 g/mol. The maximum atomic E-state index is 12.9. The average molecular weight is 431 g/mol. The number of H-pyrrole nitrogens is 1. The number of esters is 1. The van der Waals surface area contributed by atoms with Gasteiger partial charge in [-0.3, -0.25) is 19.2 Å². The van der Waals surface area contributed by atoms with Crippen LogP contribution < -0.4 is 0 Å². The molecular weight excluding hydrogens is 396 g/mol. The number of amides is 1. The third kappa shape index (κ3) is 4.46. The summed E-state index contributed by atoms with van der Waals surface area (Å²) >= 11 is 0. The molecule has 2 aliphatic rings. The molecule has 31 heavy (non-hydrogen) atoms. The number of aromatic amines is 1. The number of carbonyl (C=O) groups is 4. The highest BCUT2D eigenvalue weighted by Crippen LogP contribution is 2.36. The molecule has 0 radical (unpaired) electrons. The average Bonchev–Trinajstić information content (AvgIpc) is 3.22. The molecule has 170 valence electrons. The number of aryl methyl sites for hydroxylation is 1. The number of Topliss-reactive ketones (excluding diaryl/α,β-unsaturated/α-hetero) is 2. The molecule has 1 aliphatic carbocycles. The summed E-state index contributed by atoms with van der Waals surface area (Å²) in [5.41, 5.74) is 1.98. The van der Waals surface area contributed by atoms with Crippen LogP contribution in [0.5, 0.6) is 0 Å². The van der Waals surface area contributed by atoms with Crippen LogP contribution in [0.4, 0.5) is 0 Å². The van der Waals surface area contributed by atoms with Gasteiger partial charge in [-0.05, 0) is 51.5 Å². The summed E-state index contributed by atoms with van der Waals surface area (Å²) in [5, 5.41) is 0. The molecule has 3 rings (SSSR count).